The number of anilines is 1. The third-order valence-corrected chi connectivity index (χ3v) is 5.57. The van der Waals surface area contributed by atoms with E-state index in [4.69, 9.17) is 0 Å². The predicted molar refractivity (Wildman–Crippen MR) is 129 cm³/mol. The molecule has 0 aliphatic carbocycles. The van der Waals surface area contributed by atoms with Crippen LogP contribution in [0.15, 0.2) is 77.8 Å². The maximum absolute atomic E-state index is 14.7. The van der Waals surface area contributed by atoms with Gasteiger partial charge in [-0.3, -0.25) is 4.79 Å². The van der Waals surface area contributed by atoms with E-state index in [1.165, 1.54) is 18.1 Å². The molecule has 35 heavy (non-hydrogen) atoms. The number of amides is 3. The van der Waals surface area contributed by atoms with Gasteiger partial charge in [0.15, 0.2) is 0 Å². The number of nitrogens with zero attached hydrogens (tertiary/aromatic N) is 2. The van der Waals surface area contributed by atoms with Gasteiger partial charge in [-0.05, 0) is 35.9 Å². The Balaban J connectivity index is 1.56. The SMILES string of the molecule is COC(=O)c1ccc(CNC(=O)NC2N=C(c3ccccc3F)c3ccccc3N(C)C2=O)cc1. The molecule has 0 fully saturated rings. The first-order valence-electron chi connectivity index (χ1n) is 10.8. The number of urea groups is 1. The highest BCUT2D eigenvalue weighted by Crippen LogP contribution is 2.28. The highest BCUT2D eigenvalue weighted by atomic mass is 19.1. The second kappa shape index (κ2) is 10.2. The minimum absolute atomic E-state index is 0.147. The van der Waals surface area contributed by atoms with Crippen LogP contribution in [0.25, 0.3) is 0 Å². The Kier molecular flexibility index (Phi) is 6.86. The summed E-state index contributed by atoms with van der Waals surface area (Å²) in [5, 5.41) is 5.25. The van der Waals surface area contributed by atoms with E-state index in [9.17, 15) is 18.8 Å². The average molecular weight is 474 g/mol. The number of carbonyl (C=O) groups is 3. The van der Waals surface area contributed by atoms with Gasteiger partial charge in [-0.15, -0.1) is 0 Å². The number of benzene rings is 3. The molecule has 1 heterocycles. The Labute approximate surface area is 201 Å². The summed E-state index contributed by atoms with van der Waals surface area (Å²) in [4.78, 5) is 43.2. The van der Waals surface area contributed by atoms with Gasteiger partial charge in [-0.2, -0.15) is 0 Å². The molecule has 0 radical (unpaired) electrons. The normalized spacial score (nSPS) is 14.9. The van der Waals surface area contributed by atoms with Crippen molar-refractivity contribution >= 4 is 29.3 Å². The molecule has 1 aliphatic heterocycles. The van der Waals surface area contributed by atoms with Gasteiger partial charge in [0.2, 0.25) is 6.17 Å². The van der Waals surface area contributed by atoms with Gasteiger partial charge in [-0.25, -0.2) is 19.0 Å². The van der Waals surface area contributed by atoms with E-state index in [1.807, 2.05) is 0 Å². The van der Waals surface area contributed by atoms with Crippen molar-refractivity contribution in [1.29, 1.82) is 0 Å². The molecule has 1 atom stereocenters. The fraction of sp³-hybridized carbons (Fsp3) is 0.154. The highest BCUT2D eigenvalue weighted by Gasteiger charge is 2.31. The van der Waals surface area contributed by atoms with Gasteiger partial charge in [0, 0.05) is 24.7 Å². The minimum atomic E-state index is -1.27. The second-order valence-electron chi connectivity index (χ2n) is 7.79. The number of benzodiazepines with no additional fused rings is 1. The van der Waals surface area contributed by atoms with Crippen LogP contribution < -0.4 is 15.5 Å². The molecule has 0 saturated carbocycles. The minimum Gasteiger partial charge on any atom is -0.465 e. The fourth-order valence-corrected chi connectivity index (χ4v) is 3.72. The van der Waals surface area contributed by atoms with Gasteiger partial charge >= 0.3 is 12.0 Å². The summed E-state index contributed by atoms with van der Waals surface area (Å²) in [6, 6.07) is 19.1. The lowest BCUT2D eigenvalue weighted by atomic mass is 10.00. The first kappa shape index (κ1) is 23.6. The number of hydrogen-bond acceptors (Lipinski definition) is 5. The number of aliphatic imine (C=N–C) groups is 1. The topological polar surface area (TPSA) is 100 Å². The standard InChI is InChI=1S/C26H23FN4O4/c1-31-21-10-6-4-8-19(21)22(18-7-3-5-9-20(18)27)29-23(24(31)32)30-26(34)28-15-16-11-13-17(14-12-16)25(33)35-2/h3-14,23H,15H2,1-2H3,(H2,28,30,34). The van der Waals surface area contributed by atoms with Crippen LogP contribution in [0, 0.1) is 5.82 Å². The summed E-state index contributed by atoms with van der Waals surface area (Å²) in [7, 11) is 2.88. The fourth-order valence-electron chi connectivity index (χ4n) is 3.72. The van der Waals surface area contributed by atoms with Gasteiger partial charge < -0.3 is 20.3 Å². The number of hydrogen-bond donors (Lipinski definition) is 2. The van der Waals surface area contributed by atoms with Crippen LogP contribution >= 0.6 is 0 Å². The number of carbonyl (C=O) groups excluding carboxylic acids is 3. The quantitative estimate of drug-likeness (QED) is 0.555. The molecule has 3 aromatic rings. The molecular formula is C26H23FN4O4. The van der Waals surface area contributed by atoms with Crippen molar-refractivity contribution in [3.63, 3.8) is 0 Å². The summed E-state index contributed by atoms with van der Waals surface area (Å²) in [6.07, 6.45) is -1.27. The molecule has 0 saturated heterocycles. The van der Waals surface area contributed by atoms with Crippen LogP contribution in [0.5, 0.6) is 0 Å². The van der Waals surface area contributed by atoms with E-state index >= 15 is 0 Å². The van der Waals surface area contributed by atoms with Crippen molar-refractivity contribution in [2.75, 3.05) is 19.1 Å². The molecule has 8 nitrogen and oxygen atoms in total. The molecular weight excluding hydrogens is 451 g/mol. The number of ether oxygens (including phenoxy) is 1. The van der Waals surface area contributed by atoms with Crippen molar-refractivity contribution in [3.8, 4) is 0 Å². The highest BCUT2D eigenvalue weighted by molar-refractivity contribution is 6.20. The Hall–Kier alpha value is -4.53. The van der Waals surface area contributed by atoms with Crippen LogP contribution in [-0.4, -0.2) is 43.9 Å². The van der Waals surface area contributed by atoms with Gasteiger partial charge in [0.1, 0.15) is 5.82 Å². The zero-order valence-electron chi connectivity index (χ0n) is 19.1. The maximum Gasteiger partial charge on any atom is 0.337 e. The molecule has 3 amide bonds. The molecule has 0 spiro atoms. The number of halogens is 1. The van der Waals surface area contributed by atoms with Crippen LogP contribution in [-0.2, 0) is 16.1 Å². The predicted octanol–water partition coefficient (Wildman–Crippen LogP) is 3.25. The molecule has 0 aromatic heterocycles. The average Bonchev–Trinajstić information content (AvgIpc) is 2.98. The van der Waals surface area contributed by atoms with Crippen LogP contribution in [0.4, 0.5) is 14.9 Å². The second-order valence-corrected chi connectivity index (χ2v) is 7.79. The molecule has 2 N–H and O–H groups in total. The van der Waals surface area contributed by atoms with E-state index < -0.39 is 29.9 Å². The van der Waals surface area contributed by atoms with Crippen LogP contribution in [0.2, 0.25) is 0 Å². The molecule has 0 bridgehead atoms. The van der Waals surface area contributed by atoms with Crippen molar-refractivity contribution in [3.05, 3.63) is 101 Å². The van der Waals surface area contributed by atoms with Crippen LogP contribution in [0.1, 0.15) is 27.0 Å². The molecule has 1 aliphatic rings. The van der Waals surface area contributed by atoms with E-state index in [0.29, 0.717) is 16.8 Å². The van der Waals surface area contributed by atoms with Crippen molar-refractivity contribution in [1.82, 2.24) is 10.6 Å². The summed E-state index contributed by atoms with van der Waals surface area (Å²) in [5.41, 5.74) is 2.74. The Bertz CT molecular complexity index is 1310. The third-order valence-electron chi connectivity index (χ3n) is 5.57. The van der Waals surface area contributed by atoms with Gasteiger partial charge in [0.25, 0.3) is 5.91 Å². The Morgan fingerprint density at radius 1 is 1.00 bits per heavy atom. The smallest absolute Gasteiger partial charge is 0.337 e. The van der Waals surface area contributed by atoms with Gasteiger partial charge in [0.05, 0.1) is 24.1 Å². The Morgan fingerprint density at radius 3 is 2.34 bits per heavy atom. The number of methoxy groups -OCH3 is 1. The zero-order chi connectivity index (χ0) is 24.9. The summed E-state index contributed by atoms with van der Waals surface area (Å²) < 4.78 is 19.4. The summed E-state index contributed by atoms with van der Waals surface area (Å²) in [6.45, 7) is 0.147. The Morgan fingerprint density at radius 2 is 1.66 bits per heavy atom. The van der Waals surface area contributed by atoms with E-state index in [1.54, 1.807) is 73.8 Å². The molecule has 4 rings (SSSR count). The van der Waals surface area contributed by atoms with E-state index in [-0.39, 0.29) is 17.8 Å². The third kappa shape index (κ3) is 5.03. The number of rotatable bonds is 5. The molecule has 9 heteroatoms. The summed E-state index contributed by atoms with van der Waals surface area (Å²) in [5.74, 6) is -1.42. The molecule has 178 valence electrons. The summed E-state index contributed by atoms with van der Waals surface area (Å²) >= 11 is 0. The molecule has 3 aromatic carbocycles. The zero-order valence-corrected chi connectivity index (χ0v) is 19.1. The lowest BCUT2D eigenvalue weighted by molar-refractivity contribution is -0.119. The largest absolute Gasteiger partial charge is 0.465 e. The van der Waals surface area contributed by atoms with Crippen LogP contribution in [0.3, 0.4) is 0 Å². The van der Waals surface area contributed by atoms with Crippen molar-refractivity contribution in [2.24, 2.45) is 4.99 Å². The van der Waals surface area contributed by atoms with E-state index in [0.717, 1.165) is 5.56 Å². The number of fused-ring (bicyclic) bond motifs is 1. The number of esters is 1. The first-order chi connectivity index (χ1) is 16.9. The molecule has 1 unspecified atom stereocenters. The lowest BCUT2D eigenvalue weighted by Gasteiger charge is -2.21. The monoisotopic (exact) mass is 474 g/mol. The van der Waals surface area contributed by atoms with Crippen molar-refractivity contribution in [2.45, 2.75) is 12.7 Å². The number of likely N-dealkylation sites (N-methyl/N-ethyl adjacent to an activating group) is 1. The van der Waals surface area contributed by atoms with Crippen molar-refractivity contribution < 1.29 is 23.5 Å². The maximum atomic E-state index is 14.7. The van der Waals surface area contributed by atoms with E-state index in [2.05, 4.69) is 20.4 Å². The first-order valence-corrected chi connectivity index (χ1v) is 10.8. The number of nitrogens with one attached hydrogen (secondary N) is 2. The lowest BCUT2D eigenvalue weighted by Crippen LogP contribution is -2.49. The number of para-hydroxylation sites is 1. The van der Waals surface area contributed by atoms with Gasteiger partial charge in [-0.1, -0.05) is 42.5 Å².